The van der Waals surface area contributed by atoms with Crippen LogP contribution in [0.3, 0.4) is 0 Å². The number of rotatable bonds is 3. The van der Waals surface area contributed by atoms with E-state index in [1.165, 1.54) is 19.1 Å². The van der Waals surface area contributed by atoms with Gasteiger partial charge in [-0.1, -0.05) is 0 Å². The van der Waals surface area contributed by atoms with Crippen molar-refractivity contribution in [2.75, 3.05) is 14.2 Å². The van der Waals surface area contributed by atoms with Gasteiger partial charge in [-0.05, 0) is 12.5 Å². The third-order valence-corrected chi connectivity index (χ3v) is 3.79. The van der Waals surface area contributed by atoms with Gasteiger partial charge >= 0.3 is 0 Å². The minimum absolute atomic E-state index is 0.0252. The molecule has 2 rings (SSSR count). The van der Waals surface area contributed by atoms with E-state index in [2.05, 4.69) is 5.32 Å². The molecule has 0 bridgehead atoms. The van der Waals surface area contributed by atoms with Gasteiger partial charge < -0.3 is 15.4 Å². The highest BCUT2D eigenvalue weighted by Crippen LogP contribution is 2.26. The SMILES string of the molecule is COC1=C(N)C(C(=O)N(C)C2CCC(=O)NC2=O)=CC(F)C1. The third kappa shape index (κ3) is 2.95. The van der Waals surface area contributed by atoms with Crippen molar-refractivity contribution in [3.05, 3.63) is 23.1 Å². The second-order valence-electron chi connectivity index (χ2n) is 5.22. The van der Waals surface area contributed by atoms with Crippen LogP contribution in [0, 0.1) is 0 Å². The van der Waals surface area contributed by atoms with Crippen molar-refractivity contribution in [2.45, 2.75) is 31.5 Å². The molecule has 0 radical (unpaired) electrons. The molecule has 0 aromatic heterocycles. The molecule has 2 atom stereocenters. The van der Waals surface area contributed by atoms with E-state index < -0.39 is 24.0 Å². The molecular weight excluding hydrogens is 293 g/mol. The van der Waals surface area contributed by atoms with E-state index in [0.29, 0.717) is 0 Å². The van der Waals surface area contributed by atoms with E-state index in [4.69, 9.17) is 10.5 Å². The molecule has 0 aromatic carbocycles. The molecule has 1 aliphatic heterocycles. The van der Waals surface area contributed by atoms with Crippen molar-refractivity contribution >= 4 is 17.7 Å². The van der Waals surface area contributed by atoms with Crippen LogP contribution >= 0.6 is 0 Å². The summed E-state index contributed by atoms with van der Waals surface area (Å²) in [6.45, 7) is 0. The monoisotopic (exact) mass is 311 g/mol. The second-order valence-corrected chi connectivity index (χ2v) is 5.22. The molecule has 120 valence electrons. The van der Waals surface area contributed by atoms with Gasteiger partial charge in [-0.3, -0.25) is 19.7 Å². The fourth-order valence-corrected chi connectivity index (χ4v) is 2.53. The predicted octanol–water partition coefficient (Wildman–Crippen LogP) is -0.265. The number of likely N-dealkylation sites (N-methyl/N-ethyl adjacent to an activating group) is 1. The lowest BCUT2D eigenvalue weighted by Gasteiger charge is -2.31. The van der Waals surface area contributed by atoms with Crippen molar-refractivity contribution < 1.29 is 23.5 Å². The molecule has 1 aliphatic carbocycles. The lowest BCUT2D eigenvalue weighted by Crippen LogP contribution is -2.53. The minimum atomic E-state index is -1.38. The largest absolute Gasteiger partial charge is 0.499 e. The van der Waals surface area contributed by atoms with Gasteiger partial charge in [0.25, 0.3) is 5.91 Å². The zero-order valence-electron chi connectivity index (χ0n) is 12.4. The van der Waals surface area contributed by atoms with Gasteiger partial charge in [-0.25, -0.2) is 4.39 Å². The molecule has 8 heteroatoms. The van der Waals surface area contributed by atoms with Crippen LogP contribution in [-0.4, -0.2) is 49.0 Å². The molecule has 2 unspecified atom stereocenters. The summed E-state index contributed by atoms with van der Waals surface area (Å²) in [4.78, 5) is 36.6. The molecule has 1 heterocycles. The Hall–Kier alpha value is -2.38. The fourth-order valence-electron chi connectivity index (χ4n) is 2.53. The number of ether oxygens (including phenoxy) is 1. The molecule has 3 amide bonds. The van der Waals surface area contributed by atoms with E-state index in [-0.39, 0.29) is 42.2 Å². The molecule has 3 N–H and O–H groups in total. The van der Waals surface area contributed by atoms with E-state index in [1.54, 1.807) is 0 Å². The van der Waals surface area contributed by atoms with Crippen molar-refractivity contribution in [3.63, 3.8) is 0 Å². The molecular formula is C14H18FN3O4. The maximum absolute atomic E-state index is 13.7. The average Bonchev–Trinajstić information content (AvgIpc) is 2.47. The number of allylic oxidation sites excluding steroid dienone is 2. The van der Waals surface area contributed by atoms with Gasteiger partial charge in [-0.2, -0.15) is 0 Å². The van der Waals surface area contributed by atoms with E-state index in [1.807, 2.05) is 0 Å². The first-order valence-electron chi connectivity index (χ1n) is 6.84. The standard InChI is InChI=1S/C14H18FN3O4/c1-18(9-3-4-11(19)17-13(9)20)14(21)8-5-7(15)6-10(22-2)12(8)16/h5,7,9H,3-4,6,16H2,1-2H3,(H,17,19,20). The Labute approximate surface area is 127 Å². The molecule has 1 saturated heterocycles. The normalized spacial score (nSPS) is 25.5. The van der Waals surface area contributed by atoms with Gasteiger partial charge in [0.05, 0.1) is 18.4 Å². The third-order valence-electron chi connectivity index (χ3n) is 3.79. The number of imide groups is 1. The number of piperidine rings is 1. The Morgan fingerprint density at radius 3 is 2.77 bits per heavy atom. The smallest absolute Gasteiger partial charge is 0.256 e. The first-order chi connectivity index (χ1) is 10.3. The number of hydrogen-bond acceptors (Lipinski definition) is 5. The highest BCUT2D eigenvalue weighted by atomic mass is 19.1. The lowest BCUT2D eigenvalue weighted by molar-refractivity contribution is -0.142. The van der Waals surface area contributed by atoms with Crippen LogP contribution in [-0.2, 0) is 19.1 Å². The summed E-state index contributed by atoms with van der Waals surface area (Å²) < 4.78 is 18.7. The maximum atomic E-state index is 13.7. The first kappa shape index (κ1) is 16.0. The van der Waals surface area contributed by atoms with Crippen LogP contribution in [0.5, 0.6) is 0 Å². The van der Waals surface area contributed by atoms with Gasteiger partial charge in [0.15, 0.2) is 0 Å². The minimum Gasteiger partial charge on any atom is -0.499 e. The topological polar surface area (TPSA) is 102 Å². The van der Waals surface area contributed by atoms with E-state index >= 15 is 0 Å². The Balaban J connectivity index is 2.21. The summed E-state index contributed by atoms with van der Waals surface area (Å²) in [5.74, 6) is -1.29. The number of alkyl halides is 1. The highest BCUT2D eigenvalue weighted by Gasteiger charge is 2.35. The molecule has 0 saturated carbocycles. The summed E-state index contributed by atoms with van der Waals surface area (Å²) in [5.41, 5.74) is 5.88. The van der Waals surface area contributed by atoms with Gasteiger partial charge in [0, 0.05) is 19.9 Å². The Morgan fingerprint density at radius 1 is 1.50 bits per heavy atom. The molecule has 7 nitrogen and oxygen atoms in total. The molecule has 22 heavy (non-hydrogen) atoms. The van der Waals surface area contributed by atoms with Crippen LogP contribution in [0.1, 0.15) is 19.3 Å². The number of halogens is 1. The Morgan fingerprint density at radius 2 is 2.18 bits per heavy atom. The van der Waals surface area contributed by atoms with E-state index in [0.717, 1.165) is 6.08 Å². The van der Waals surface area contributed by atoms with Crippen LogP contribution in [0.15, 0.2) is 23.1 Å². The average molecular weight is 311 g/mol. The lowest BCUT2D eigenvalue weighted by atomic mass is 9.98. The molecule has 0 aromatic rings. The Bertz CT molecular complexity index is 585. The van der Waals surface area contributed by atoms with Gasteiger partial charge in [0.2, 0.25) is 11.8 Å². The summed E-state index contributed by atoms with van der Waals surface area (Å²) in [6.07, 6.45) is 0.0911. The quantitative estimate of drug-likeness (QED) is 0.699. The number of nitrogens with zero attached hydrogens (tertiary/aromatic N) is 1. The first-order valence-corrected chi connectivity index (χ1v) is 6.84. The van der Waals surface area contributed by atoms with Crippen LogP contribution < -0.4 is 11.1 Å². The van der Waals surface area contributed by atoms with Crippen LogP contribution in [0.25, 0.3) is 0 Å². The second kappa shape index (κ2) is 6.17. The van der Waals surface area contributed by atoms with Gasteiger partial charge in [0.1, 0.15) is 18.0 Å². The number of carbonyl (C=O) groups is 3. The maximum Gasteiger partial charge on any atom is 0.256 e. The van der Waals surface area contributed by atoms with E-state index in [9.17, 15) is 18.8 Å². The highest BCUT2D eigenvalue weighted by molar-refractivity contribution is 6.04. The summed E-state index contributed by atoms with van der Waals surface area (Å²) in [6, 6.07) is -0.787. The predicted molar refractivity (Wildman–Crippen MR) is 74.8 cm³/mol. The van der Waals surface area contributed by atoms with Crippen LogP contribution in [0.2, 0.25) is 0 Å². The molecule has 2 aliphatic rings. The van der Waals surface area contributed by atoms with Crippen molar-refractivity contribution in [3.8, 4) is 0 Å². The fraction of sp³-hybridized carbons (Fsp3) is 0.500. The zero-order chi connectivity index (χ0) is 16.4. The number of hydrogen-bond donors (Lipinski definition) is 2. The van der Waals surface area contributed by atoms with Gasteiger partial charge in [-0.15, -0.1) is 0 Å². The van der Waals surface area contributed by atoms with Crippen molar-refractivity contribution in [1.29, 1.82) is 0 Å². The number of methoxy groups -OCH3 is 1. The summed E-state index contributed by atoms with van der Waals surface area (Å²) in [5, 5.41) is 2.17. The molecule has 0 spiro atoms. The number of nitrogens with one attached hydrogen (secondary N) is 1. The Kier molecular flexibility index (Phi) is 4.48. The number of amides is 3. The number of nitrogens with two attached hydrogens (primary N) is 1. The van der Waals surface area contributed by atoms with Crippen molar-refractivity contribution in [2.24, 2.45) is 5.73 Å². The zero-order valence-corrected chi connectivity index (χ0v) is 12.4. The van der Waals surface area contributed by atoms with Crippen LogP contribution in [0.4, 0.5) is 4.39 Å². The summed E-state index contributed by atoms with van der Waals surface area (Å²) in [7, 11) is 2.77. The number of carbonyl (C=O) groups excluding carboxylic acids is 3. The molecule has 1 fully saturated rings. The van der Waals surface area contributed by atoms with Crippen molar-refractivity contribution in [1.82, 2.24) is 10.2 Å². The summed E-state index contributed by atoms with van der Waals surface area (Å²) >= 11 is 0.